The van der Waals surface area contributed by atoms with Crippen molar-refractivity contribution in [1.82, 2.24) is 0 Å². The number of hydrogen-bond donors (Lipinski definition) is 1. The molecule has 80 valence electrons. The molecule has 1 rings (SSSR count). The van der Waals surface area contributed by atoms with Crippen molar-refractivity contribution in [3.63, 3.8) is 0 Å². The molecule has 0 radical (unpaired) electrons. The van der Waals surface area contributed by atoms with Crippen molar-refractivity contribution in [2.45, 2.75) is 13.8 Å². The molecule has 0 aliphatic carbocycles. The molecule has 1 aromatic rings. The number of aryl methyl sites for hydroxylation is 1. The molecular formula is C12H15NO2. The van der Waals surface area contributed by atoms with Crippen LogP contribution in [0.5, 0.6) is 5.75 Å². The standard InChI is InChI=1S/C12H15NO2/c1-4-5-12(14)13-10-8-9(2)6-7-11(10)15-3/h4-8H,1-3H3,(H,13,14)/b5-4+. The van der Waals surface area contributed by atoms with Gasteiger partial charge in [0.05, 0.1) is 12.8 Å². The highest BCUT2D eigenvalue weighted by Crippen LogP contribution is 2.24. The summed E-state index contributed by atoms with van der Waals surface area (Å²) >= 11 is 0. The van der Waals surface area contributed by atoms with Gasteiger partial charge in [-0.05, 0) is 37.6 Å². The number of carbonyl (C=O) groups is 1. The number of carbonyl (C=O) groups excluding carboxylic acids is 1. The van der Waals surface area contributed by atoms with E-state index in [-0.39, 0.29) is 5.91 Å². The number of benzene rings is 1. The smallest absolute Gasteiger partial charge is 0.248 e. The van der Waals surface area contributed by atoms with Gasteiger partial charge in [-0.15, -0.1) is 0 Å². The van der Waals surface area contributed by atoms with Gasteiger partial charge in [-0.2, -0.15) is 0 Å². The minimum absolute atomic E-state index is 0.151. The normalized spacial score (nSPS) is 10.3. The van der Waals surface area contributed by atoms with Crippen molar-refractivity contribution >= 4 is 11.6 Å². The monoisotopic (exact) mass is 205 g/mol. The molecule has 0 saturated carbocycles. The third-order valence-corrected chi connectivity index (χ3v) is 1.93. The van der Waals surface area contributed by atoms with E-state index in [1.54, 1.807) is 20.1 Å². The highest BCUT2D eigenvalue weighted by Gasteiger charge is 2.04. The zero-order valence-electron chi connectivity index (χ0n) is 9.20. The summed E-state index contributed by atoms with van der Waals surface area (Å²) in [7, 11) is 1.58. The molecule has 0 aliphatic heterocycles. The van der Waals surface area contributed by atoms with Crippen molar-refractivity contribution in [2.75, 3.05) is 12.4 Å². The topological polar surface area (TPSA) is 38.3 Å². The van der Waals surface area contributed by atoms with Crippen LogP contribution in [0.3, 0.4) is 0 Å². The maximum absolute atomic E-state index is 11.3. The highest BCUT2D eigenvalue weighted by molar-refractivity contribution is 6.00. The summed E-state index contributed by atoms with van der Waals surface area (Å²) < 4.78 is 5.14. The first-order valence-corrected chi connectivity index (χ1v) is 4.75. The molecular weight excluding hydrogens is 190 g/mol. The molecule has 0 aliphatic rings. The van der Waals surface area contributed by atoms with E-state index in [1.807, 2.05) is 25.1 Å². The molecule has 0 heterocycles. The number of nitrogens with one attached hydrogen (secondary N) is 1. The molecule has 0 unspecified atom stereocenters. The summed E-state index contributed by atoms with van der Waals surface area (Å²) in [5.41, 5.74) is 1.77. The summed E-state index contributed by atoms with van der Waals surface area (Å²) in [4.78, 5) is 11.3. The van der Waals surface area contributed by atoms with Crippen LogP contribution >= 0.6 is 0 Å². The van der Waals surface area contributed by atoms with Crippen molar-refractivity contribution in [3.8, 4) is 5.75 Å². The van der Waals surface area contributed by atoms with E-state index in [1.165, 1.54) is 6.08 Å². The van der Waals surface area contributed by atoms with E-state index in [9.17, 15) is 4.79 Å². The number of rotatable bonds is 3. The minimum atomic E-state index is -0.151. The molecule has 0 saturated heterocycles. The molecule has 0 atom stereocenters. The first-order chi connectivity index (χ1) is 7.17. The minimum Gasteiger partial charge on any atom is -0.495 e. The van der Waals surface area contributed by atoms with Crippen molar-refractivity contribution in [2.24, 2.45) is 0 Å². The van der Waals surface area contributed by atoms with Gasteiger partial charge in [0, 0.05) is 0 Å². The van der Waals surface area contributed by atoms with Crippen LogP contribution in [-0.2, 0) is 4.79 Å². The van der Waals surface area contributed by atoms with Crippen LogP contribution in [-0.4, -0.2) is 13.0 Å². The molecule has 0 bridgehead atoms. The molecule has 3 nitrogen and oxygen atoms in total. The lowest BCUT2D eigenvalue weighted by Gasteiger charge is -2.09. The van der Waals surface area contributed by atoms with Gasteiger partial charge < -0.3 is 10.1 Å². The SMILES string of the molecule is C/C=C/C(=O)Nc1cc(C)ccc1OC. The van der Waals surface area contributed by atoms with Gasteiger partial charge in [0.25, 0.3) is 0 Å². The molecule has 0 spiro atoms. The van der Waals surface area contributed by atoms with Gasteiger partial charge in [0.1, 0.15) is 5.75 Å². The Hall–Kier alpha value is -1.77. The van der Waals surface area contributed by atoms with Gasteiger partial charge in [-0.25, -0.2) is 0 Å². The van der Waals surface area contributed by atoms with E-state index in [0.717, 1.165) is 5.56 Å². The van der Waals surface area contributed by atoms with Gasteiger partial charge in [-0.3, -0.25) is 4.79 Å². The quantitative estimate of drug-likeness (QED) is 0.770. The van der Waals surface area contributed by atoms with Crippen LogP contribution in [0.1, 0.15) is 12.5 Å². The summed E-state index contributed by atoms with van der Waals surface area (Å²) in [6.07, 6.45) is 3.17. The molecule has 0 aromatic heterocycles. The van der Waals surface area contributed by atoms with E-state index < -0.39 is 0 Å². The molecule has 1 N–H and O–H groups in total. The largest absolute Gasteiger partial charge is 0.495 e. The third-order valence-electron chi connectivity index (χ3n) is 1.93. The number of amides is 1. The maximum atomic E-state index is 11.3. The zero-order chi connectivity index (χ0) is 11.3. The van der Waals surface area contributed by atoms with Gasteiger partial charge in [-0.1, -0.05) is 12.1 Å². The second-order valence-corrected chi connectivity index (χ2v) is 3.19. The fourth-order valence-electron chi connectivity index (χ4n) is 1.25. The third kappa shape index (κ3) is 3.13. The Balaban J connectivity index is 2.91. The summed E-state index contributed by atoms with van der Waals surface area (Å²) in [6, 6.07) is 5.64. The predicted octanol–water partition coefficient (Wildman–Crippen LogP) is 2.52. The zero-order valence-corrected chi connectivity index (χ0v) is 9.20. The Kier molecular flexibility index (Phi) is 3.92. The molecule has 15 heavy (non-hydrogen) atoms. The van der Waals surface area contributed by atoms with Gasteiger partial charge >= 0.3 is 0 Å². The fourth-order valence-corrected chi connectivity index (χ4v) is 1.25. The van der Waals surface area contributed by atoms with Crippen molar-refractivity contribution in [3.05, 3.63) is 35.9 Å². The van der Waals surface area contributed by atoms with Gasteiger partial charge in [0.2, 0.25) is 5.91 Å². The lowest BCUT2D eigenvalue weighted by atomic mass is 10.2. The number of ether oxygens (including phenoxy) is 1. The second-order valence-electron chi connectivity index (χ2n) is 3.19. The first kappa shape index (κ1) is 11.3. The van der Waals surface area contributed by atoms with Gasteiger partial charge in [0.15, 0.2) is 0 Å². The van der Waals surface area contributed by atoms with Crippen LogP contribution < -0.4 is 10.1 Å². The number of methoxy groups -OCH3 is 1. The average molecular weight is 205 g/mol. The number of hydrogen-bond acceptors (Lipinski definition) is 2. The molecule has 1 aromatic carbocycles. The van der Waals surface area contributed by atoms with Crippen LogP contribution in [0.2, 0.25) is 0 Å². The number of anilines is 1. The van der Waals surface area contributed by atoms with Crippen molar-refractivity contribution in [1.29, 1.82) is 0 Å². The van der Waals surface area contributed by atoms with Crippen LogP contribution in [0.4, 0.5) is 5.69 Å². The molecule has 1 amide bonds. The predicted molar refractivity (Wildman–Crippen MR) is 61.2 cm³/mol. The van der Waals surface area contributed by atoms with E-state index in [4.69, 9.17) is 4.74 Å². The Morgan fingerprint density at radius 1 is 1.47 bits per heavy atom. The van der Waals surface area contributed by atoms with E-state index >= 15 is 0 Å². The Morgan fingerprint density at radius 3 is 2.80 bits per heavy atom. The Bertz CT molecular complexity index is 383. The second kappa shape index (κ2) is 5.20. The number of allylic oxidation sites excluding steroid dienone is 1. The Labute approximate surface area is 89.8 Å². The summed E-state index contributed by atoms with van der Waals surface area (Å²) in [5.74, 6) is 0.514. The molecule has 0 fully saturated rings. The summed E-state index contributed by atoms with van der Waals surface area (Å²) in [6.45, 7) is 3.76. The van der Waals surface area contributed by atoms with E-state index in [0.29, 0.717) is 11.4 Å². The Morgan fingerprint density at radius 2 is 2.20 bits per heavy atom. The van der Waals surface area contributed by atoms with Crippen LogP contribution in [0.15, 0.2) is 30.4 Å². The van der Waals surface area contributed by atoms with Crippen LogP contribution in [0.25, 0.3) is 0 Å². The van der Waals surface area contributed by atoms with Crippen molar-refractivity contribution < 1.29 is 9.53 Å². The van der Waals surface area contributed by atoms with Crippen LogP contribution in [0, 0.1) is 6.92 Å². The molecule has 3 heteroatoms. The average Bonchev–Trinajstić information content (AvgIpc) is 2.18. The highest BCUT2D eigenvalue weighted by atomic mass is 16.5. The summed E-state index contributed by atoms with van der Waals surface area (Å²) in [5, 5.41) is 2.75. The maximum Gasteiger partial charge on any atom is 0.248 e. The lowest BCUT2D eigenvalue weighted by molar-refractivity contribution is -0.111. The first-order valence-electron chi connectivity index (χ1n) is 4.75. The van der Waals surface area contributed by atoms with E-state index in [2.05, 4.69) is 5.32 Å². The fraction of sp³-hybridized carbons (Fsp3) is 0.250. The lowest BCUT2D eigenvalue weighted by Crippen LogP contribution is -2.08.